The molecule has 0 fully saturated rings. The normalized spacial score (nSPS) is 11.0. The third-order valence-corrected chi connectivity index (χ3v) is 4.04. The molecule has 2 N–H and O–H groups in total. The largest absolute Gasteiger partial charge is 0.493 e. The average Bonchev–Trinajstić information content (AvgIpc) is 2.74. The Morgan fingerprint density at radius 2 is 1.83 bits per heavy atom. The van der Waals surface area contributed by atoms with Crippen molar-refractivity contribution in [1.29, 1.82) is 0 Å². The number of methoxy groups -OCH3 is 1. The van der Waals surface area contributed by atoms with Gasteiger partial charge in [-0.3, -0.25) is 10.2 Å². The third-order valence-electron chi connectivity index (χ3n) is 3.79. The average molecular weight is 413 g/mol. The van der Waals surface area contributed by atoms with Crippen molar-refractivity contribution in [2.24, 2.45) is 0 Å². The molecule has 0 saturated heterocycles. The van der Waals surface area contributed by atoms with Crippen LogP contribution >= 0.6 is 11.6 Å². The van der Waals surface area contributed by atoms with Gasteiger partial charge in [0.2, 0.25) is 0 Å². The molecular weight excluding hydrogens is 392 g/mol. The number of ether oxygens (including phenoxy) is 3. The summed E-state index contributed by atoms with van der Waals surface area (Å²) in [7, 11) is 1.54. The molecule has 29 heavy (non-hydrogen) atoms. The molecule has 2 rings (SSSR count). The van der Waals surface area contributed by atoms with Gasteiger partial charge in [0.15, 0.2) is 17.6 Å². The van der Waals surface area contributed by atoms with Gasteiger partial charge in [-0.15, -0.1) is 12.8 Å². The fraction of sp³-hybridized carbons (Fsp3) is 0.227. The van der Waals surface area contributed by atoms with E-state index in [1.807, 2.05) is 6.07 Å². The molecular formula is C22H21ClN2O4. The quantitative estimate of drug-likeness (QED) is 0.464. The molecule has 0 aliphatic heterocycles. The van der Waals surface area contributed by atoms with Crippen LogP contribution in [-0.2, 0) is 16.1 Å². The Morgan fingerprint density at radius 1 is 1.10 bits per heavy atom. The van der Waals surface area contributed by atoms with Crippen molar-refractivity contribution >= 4 is 17.5 Å². The summed E-state index contributed by atoms with van der Waals surface area (Å²) in [5, 5.41) is 0.562. The second-order valence-electron chi connectivity index (χ2n) is 5.77. The van der Waals surface area contributed by atoms with Crippen LogP contribution in [0.5, 0.6) is 11.5 Å². The topological polar surface area (TPSA) is 68.8 Å². The van der Waals surface area contributed by atoms with E-state index in [9.17, 15) is 4.79 Å². The lowest BCUT2D eigenvalue weighted by Crippen LogP contribution is -2.40. The Hall–Kier alpha value is -3.16. The zero-order valence-electron chi connectivity index (χ0n) is 15.9. The van der Waals surface area contributed by atoms with E-state index < -0.39 is 6.10 Å². The number of halogens is 1. The number of hydrogen-bond acceptors (Lipinski definition) is 5. The summed E-state index contributed by atoms with van der Waals surface area (Å²) in [4.78, 5) is 12.6. The Labute approximate surface area is 175 Å². The molecule has 1 unspecified atom stereocenters. The van der Waals surface area contributed by atoms with Crippen molar-refractivity contribution in [1.82, 2.24) is 10.9 Å². The molecule has 0 heterocycles. The highest BCUT2D eigenvalue weighted by Crippen LogP contribution is 2.28. The van der Waals surface area contributed by atoms with Crippen molar-refractivity contribution in [3.63, 3.8) is 0 Å². The highest BCUT2D eigenvalue weighted by molar-refractivity contribution is 6.30. The molecule has 150 valence electrons. The zero-order chi connectivity index (χ0) is 21.1. The summed E-state index contributed by atoms with van der Waals surface area (Å²) < 4.78 is 16.2. The van der Waals surface area contributed by atoms with Crippen molar-refractivity contribution in [3.05, 3.63) is 58.6 Å². The Morgan fingerprint density at radius 3 is 2.48 bits per heavy atom. The van der Waals surface area contributed by atoms with Gasteiger partial charge in [0.1, 0.15) is 13.2 Å². The highest BCUT2D eigenvalue weighted by Gasteiger charge is 2.21. The molecule has 0 aromatic heterocycles. The van der Waals surface area contributed by atoms with Crippen molar-refractivity contribution in [2.45, 2.75) is 12.6 Å². The predicted molar refractivity (Wildman–Crippen MR) is 111 cm³/mol. The minimum atomic E-state index is -0.870. The Bertz CT molecular complexity index is 901. The molecule has 0 saturated carbocycles. The van der Waals surface area contributed by atoms with Crippen LogP contribution in [0.2, 0.25) is 5.02 Å². The van der Waals surface area contributed by atoms with Crippen LogP contribution in [0.1, 0.15) is 17.2 Å². The highest BCUT2D eigenvalue weighted by atomic mass is 35.5. The van der Waals surface area contributed by atoms with Crippen LogP contribution in [0.3, 0.4) is 0 Å². The number of nitrogens with one attached hydrogen (secondary N) is 2. The third kappa shape index (κ3) is 6.74. The molecule has 1 atom stereocenters. The van der Waals surface area contributed by atoms with E-state index >= 15 is 0 Å². The number of hydrazine groups is 1. The second-order valence-corrected chi connectivity index (χ2v) is 6.20. The number of amides is 1. The van der Waals surface area contributed by atoms with Crippen LogP contribution in [0, 0.1) is 24.7 Å². The summed E-state index contributed by atoms with van der Waals surface area (Å²) in [6.07, 6.45) is 9.58. The van der Waals surface area contributed by atoms with Gasteiger partial charge >= 0.3 is 0 Å². The maximum absolute atomic E-state index is 12.6. The minimum Gasteiger partial charge on any atom is -0.493 e. The van der Waals surface area contributed by atoms with E-state index in [0.29, 0.717) is 28.6 Å². The minimum absolute atomic E-state index is 0.00295. The molecule has 6 nitrogen and oxygen atoms in total. The van der Waals surface area contributed by atoms with E-state index in [0.717, 1.165) is 5.56 Å². The summed E-state index contributed by atoms with van der Waals surface area (Å²) in [6, 6.07) is 12.2. The van der Waals surface area contributed by atoms with Gasteiger partial charge in [-0.05, 0) is 35.4 Å². The number of carbonyl (C=O) groups excluding carboxylic acids is 1. The lowest BCUT2D eigenvalue weighted by molar-refractivity contribution is -0.133. The maximum Gasteiger partial charge on any atom is 0.267 e. The SMILES string of the molecule is C#CCOc1ccc(CNNC(=O)C(OCC#C)c2ccc(Cl)cc2)cc1OC. The fourth-order valence-electron chi connectivity index (χ4n) is 2.45. The van der Waals surface area contributed by atoms with Gasteiger partial charge < -0.3 is 14.2 Å². The maximum atomic E-state index is 12.6. The summed E-state index contributed by atoms with van der Waals surface area (Å²) in [6.45, 7) is 0.491. The van der Waals surface area contributed by atoms with Crippen LogP contribution in [0.25, 0.3) is 0 Å². The van der Waals surface area contributed by atoms with E-state index in [1.165, 1.54) is 7.11 Å². The van der Waals surface area contributed by atoms with Crippen LogP contribution in [0.15, 0.2) is 42.5 Å². The lowest BCUT2D eigenvalue weighted by Gasteiger charge is -2.17. The molecule has 0 spiro atoms. The molecule has 1 amide bonds. The first-order chi connectivity index (χ1) is 14.1. The second kappa shape index (κ2) is 11.6. The summed E-state index contributed by atoms with van der Waals surface area (Å²) in [5.41, 5.74) is 7.00. The van der Waals surface area contributed by atoms with Crippen molar-refractivity contribution < 1.29 is 19.0 Å². The predicted octanol–water partition coefficient (Wildman–Crippen LogP) is 2.87. The van der Waals surface area contributed by atoms with E-state index in [-0.39, 0.29) is 19.1 Å². The molecule has 0 radical (unpaired) electrons. The monoisotopic (exact) mass is 412 g/mol. The van der Waals surface area contributed by atoms with Crippen molar-refractivity contribution in [2.75, 3.05) is 20.3 Å². The zero-order valence-corrected chi connectivity index (χ0v) is 16.7. The van der Waals surface area contributed by atoms with Crippen LogP contribution in [-0.4, -0.2) is 26.2 Å². The molecule has 7 heteroatoms. The molecule has 0 bridgehead atoms. The van der Waals surface area contributed by atoms with Gasteiger partial charge in [0, 0.05) is 11.6 Å². The fourth-order valence-corrected chi connectivity index (χ4v) is 2.58. The first kappa shape index (κ1) is 22.1. The van der Waals surface area contributed by atoms with Gasteiger partial charge in [-0.1, -0.05) is 41.6 Å². The number of carbonyl (C=O) groups is 1. The smallest absolute Gasteiger partial charge is 0.267 e. The van der Waals surface area contributed by atoms with Gasteiger partial charge in [0.25, 0.3) is 5.91 Å². The summed E-state index contributed by atoms with van der Waals surface area (Å²) >= 11 is 5.90. The van der Waals surface area contributed by atoms with Crippen molar-refractivity contribution in [3.8, 4) is 36.2 Å². The first-order valence-corrected chi connectivity index (χ1v) is 9.03. The summed E-state index contributed by atoms with van der Waals surface area (Å²) in [5.74, 6) is 5.47. The molecule has 0 aliphatic carbocycles. The molecule has 2 aromatic carbocycles. The molecule has 2 aromatic rings. The van der Waals surface area contributed by atoms with Crippen LogP contribution < -0.4 is 20.3 Å². The number of rotatable bonds is 10. The lowest BCUT2D eigenvalue weighted by atomic mass is 10.1. The van der Waals surface area contributed by atoms with E-state index in [2.05, 4.69) is 22.7 Å². The van der Waals surface area contributed by atoms with Gasteiger partial charge in [0.05, 0.1) is 7.11 Å². The number of benzene rings is 2. The number of terminal acetylenes is 2. The van der Waals surface area contributed by atoms with Gasteiger partial charge in [-0.25, -0.2) is 5.43 Å². The molecule has 0 aliphatic rings. The standard InChI is InChI=1S/C22H21ClN2O4/c1-4-12-28-19-11-6-16(14-20(19)27-3)15-24-25-22(26)21(29-13-5-2)17-7-9-18(23)10-8-17/h1-2,6-11,14,21,24H,12-13,15H2,3H3,(H,25,26). The van der Waals surface area contributed by atoms with E-state index in [1.54, 1.807) is 36.4 Å². The van der Waals surface area contributed by atoms with Crippen LogP contribution in [0.4, 0.5) is 0 Å². The van der Waals surface area contributed by atoms with Gasteiger partial charge in [-0.2, -0.15) is 0 Å². The Balaban J connectivity index is 1.98. The Kier molecular flexibility index (Phi) is 8.88. The number of hydrogen-bond donors (Lipinski definition) is 2. The van der Waals surface area contributed by atoms with E-state index in [4.69, 9.17) is 38.7 Å². The first-order valence-electron chi connectivity index (χ1n) is 8.65.